The summed E-state index contributed by atoms with van der Waals surface area (Å²) in [5.41, 5.74) is 3.51. The minimum Gasteiger partial charge on any atom is -0.494 e. The second kappa shape index (κ2) is 8.90. The van der Waals surface area contributed by atoms with E-state index in [4.69, 9.17) is 4.74 Å². The Hall–Kier alpha value is -3.33. The van der Waals surface area contributed by atoms with E-state index in [0.717, 1.165) is 34.3 Å². The van der Waals surface area contributed by atoms with Gasteiger partial charge < -0.3 is 15.0 Å². The molecule has 1 N–H and O–H groups in total. The molecule has 0 aliphatic carbocycles. The van der Waals surface area contributed by atoms with Gasteiger partial charge in [0, 0.05) is 26.0 Å². The number of carbonyl (C=O) groups excluding carboxylic acids is 3. The van der Waals surface area contributed by atoms with Gasteiger partial charge in [-0.15, -0.1) is 5.10 Å². The average Bonchev–Trinajstić information content (AvgIpc) is 3.23. The van der Waals surface area contributed by atoms with Crippen LogP contribution in [-0.4, -0.2) is 41.0 Å². The summed E-state index contributed by atoms with van der Waals surface area (Å²) in [5, 5.41) is 8.32. The molecule has 2 aromatic rings. The molecule has 3 amide bonds. The number of aryl methyl sites for hydroxylation is 2. The van der Waals surface area contributed by atoms with Crippen LogP contribution in [-0.2, 0) is 19.3 Å². The van der Waals surface area contributed by atoms with Crippen LogP contribution in [0.25, 0.3) is 0 Å². The number of amidine groups is 1. The Kier molecular flexibility index (Phi) is 6.16. The van der Waals surface area contributed by atoms with E-state index in [-0.39, 0.29) is 22.9 Å². The smallest absolute Gasteiger partial charge is 0.270 e. The van der Waals surface area contributed by atoms with Crippen molar-refractivity contribution in [3.63, 3.8) is 0 Å². The Bertz CT molecular complexity index is 1160. The molecule has 0 radical (unpaired) electrons. The first-order chi connectivity index (χ1) is 15.7. The first kappa shape index (κ1) is 22.8. The lowest BCUT2D eigenvalue weighted by molar-refractivity contribution is -0.139. The van der Waals surface area contributed by atoms with Crippen molar-refractivity contribution in [2.24, 2.45) is 5.10 Å². The van der Waals surface area contributed by atoms with Crippen LogP contribution in [0.2, 0.25) is 0 Å². The van der Waals surface area contributed by atoms with Gasteiger partial charge in [-0.05, 0) is 55.3 Å². The molecule has 9 heteroatoms. The molecular weight excluding hydrogens is 440 g/mol. The lowest BCUT2D eigenvalue weighted by Gasteiger charge is -2.29. The summed E-state index contributed by atoms with van der Waals surface area (Å²) in [6, 6.07) is 13.5. The summed E-state index contributed by atoms with van der Waals surface area (Å²) in [5.74, 6) is -0.167. The van der Waals surface area contributed by atoms with Gasteiger partial charge in [-0.3, -0.25) is 14.4 Å². The van der Waals surface area contributed by atoms with Crippen molar-refractivity contribution in [3.05, 3.63) is 59.2 Å². The predicted octanol–water partition coefficient (Wildman–Crippen LogP) is 3.27. The SMILES string of the molecule is CC(=O)NC1=NN(C(C)=O)C2(S1)C(=O)N(CCCOc1cccc(C)c1)c1c(C)cccc12. The van der Waals surface area contributed by atoms with Crippen LogP contribution in [0.4, 0.5) is 5.69 Å². The van der Waals surface area contributed by atoms with Crippen LogP contribution in [0.5, 0.6) is 5.75 Å². The highest BCUT2D eigenvalue weighted by Gasteiger charge is 2.61. The van der Waals surface area contributed by atoms with E-state index in [9.17, 15) is 14.4 Å². The molecular formula is C24H26N4O4S. The van der Waals surface area contributed by atoms with Gasteiger partial charge in [-0.2, -0.15) is 5.01 Å². The van der Waals surface area contributed by atoms with Gasteiger partial charge in [0.15, 0.2) is 5.17 Å². The number of thioether (sulfide) groups is 1. The third-order valence-electron chi connectivity index (χ3n) is 5.51. The molecule has 0 saturated heterocycles. The fraction of sp³-hybridized carbons (Fsp3) is 0.333. The molecule has 2 heterocycles. The summed E-state index contributed by atoms with van der Waals surface area (Å²) < 4.78 is 5.86. The molecule has 2 aliphatic heterocycles. The normalized spacial score (nSPS) is 19.0. The molecule has 4 rings (SSSR count). The molecule has 1 unspecified atom stereocenters. The topological polar surface area (TPSA) is 91.3 Å². The van der Waals surface area contributed by atoms with Crippen molar-refractivity contribution < 1.29 is 19.1 Å². The fourth-order valence-corrected chi connectivity index (χ4v) is 5.51. The van der Waals surface area contributed by atoms with Gasteiger partial charge in [0.2, 0.25) is 16.7 Å². The molecule has 0 aromatic heterocycles. The molecule has 0 fully saturated rings. The van der Waals surface area contributed by atoms with Crippen molar-refractivity contribution in [1.29, 1.82) is 0 Å². The Morgan fingerprint density at radius 1 is 1.15 bits per heavy atom. The van der Waals surface area contributed by atoms with Gasteiger partial charge >= 0.3 is 0 Å². The van der Waals surface area contributed by atoms with E-state index in [1.165, 1.54) is 18.9 Å². The molecule has 2 aliphatic rings. The van der Waals surface area contributed by atoms with Crippen molar-refractivity contribution >= 4 is 40.3 Å². The van der Waals surface area contributed by atoms with Crippen LogP contribution >= 0.6 is 11.8 Å². The Balaban J connectivity index is 1.60. The maximum Gasteiger partial charge on any atom is 0.270 e. The molecule has 8 nitrogen and oxygen atoms in total. The van der Waals surface area contributed by atoms with Crippen LogP contribution in [0, 0.1) is 13.8 Å². The number of nitrogens with one attached hydrogen (secondary N) is 1. The zero-order valence-electron chi connectivity index (χ0n) is 19.0. The summed E-state index contributed by atoms with van der Waals surface area (Å²) in [7, 11) is 0. The highest BCUT2D eigenvalue weighted by molar-refractivity contribution is 8.15. The van der Waals surface area contributed by atoms with Gasteiger partial charge in [0.1, 0.15) is 5.75 Å². The molecule has 0 saturated carbocycles. The molecule has 1 atom stereocenters. The summed E-state index contributed by atoms with van der Waals surface area (Å²) in [6.45, 7) is 7.54. The quantitative estimate of drug-likeness (QED) is 0.683. The molecule has 1 spiro atoms. The van der Waals surface area contributed by atoms with Crippen molar-refractivity contribution in [3.8, 4) is 5.75 Å². The lowest BCUT2D eigenvalue weighted by atomic mass is 10.0. The Morgan fingerprint density at radius 3 is 2.61 bits per heavy atom. The third-order valence-corrected chi connectivity index (χ3v) is 6.75. The maximum absolute atomic E-state index is 13.9. The number of fused-ring (bicyclic) bond motifs is 2. The molecule has 172 valence electrons. The monoisotopic (exact) mass is 466 g/mol. The van der Waals surface area contributed by atoms with Gasteiger partial charge in [-0.1, -0.05) is 30.3 Å². The Labute approximate surface area is 197 Å². The largest absolute Gasteiger partial charge is 0.494 e. The maximum atomic E-state index is 13.9. The number of hydrogen-bond acceptors (Lipinski definition) is 6. The second-order valence-electron chi connectivity index (χ2n) is 8.11. The third kappa shape index (κ3) is 4.08. The zero-order valence-corrected chi connectivity index (χ0v) is 19.9. The standard InChI is InChI=1S/C24H26N4O4S/c1-15-8-5-10-19(14-15)32-13-7-12-27-21-16(2)9-6-11-20(21)24(22(27)31)28(18(4)30)26-23(33-24)25-17(3)29/h5-6,8-11,14H,7,12-13H2,1-4H3,(H,25,26,29). The van der Waals surface area contributed by atoms with E-state index in [1.807, 2.05) is 56.3 Å². The number of carbonyl (C=O) groups is 3. The number of amides is 3. The van der Waals surface area contributed by atoms with Crippen LogP contribution in [0.3, 0.4) is 0 Å². The summed E-state index contributed by atoms with van der Waals surface area (Å²) in [4.78, 5) is 38.4. The summed E-state index contributed by atoms with van der Waals surface area (Å²) in [6.07, 6.45) is 0.605. The minimum absolute atomic E-state index is 0.225. The molecule has 33 heavy (non-hydrogen) atoms. The number of benzene rings is 2. The molecule has 0 bridgehead atoms. The van der Waals surface area contributed by atoms with Gasteiger partial charge in [0.25, 0.3) is 5.91 Å². The zero-order chi connectivity index (χ0) is 23.8. The minimum atomic E-state index is -1.37. The number of rotatable bonds is 5. The van der Waals surface area contributed by atoms with E-state index >= 15 is 0 Å². The van der Waals surface area contributed by atoms with E-state index in [0.29, 0.717) is 25.1 Å². The van der Waals surface area contributed by atoms with Crippen molar-refractivity contribution in [1.82, 2.24) is 10.3 Å². The number of hydrazone groups is 1. The second-order valence-corrected chi connectivity index (χ2v) is 9.29. The first-order valence-corrected chi connectivity index (χ1v) is 11.5. The van der Waals surface area contributed by atoms with E-state index in [1.54, 1.807) is 4.90 Å². The van der Waals surface area contributed by atoms with Crippen molar-refractivity contribution in [2.45, 2.75) is 39.0 Å². The number of anilines is 1. The van der Waals surface area contributed by atoms with Crippen LogP contribution < -0.4 is 15.0 Å². The average molecular weight is 467 g/mol. The molecule has 2 aromatic carbocycles. The van der Waals surface area contributed by atoms with Gasteiger partial charge in [0.05, 0.1) is 12.3 Å². The van der Waals surface area contributed by atoms with Crippen LogP contribution in [0.1, 0.15) is 37.0 Å². The number of ether oxygens (including phenoxy) is 1. The van der Waals surface area contributed by atoms with Crippen molar-refractivity contribution in [2.75, 3.05) is 18.1 Å². The lowest BCUT2D eigenvalue weighted by Crippen LogP contribution is -2.48. The highest BCUT2D eigenvalue weighted by atomic mass is 32.2. The van der Waals surface area contributed by atoms with Crippen LogP contribution in [0.15, 0.2) is 47.6 Å². The predicted molar refractivity (Wildman–Crippen MR) is 128 cm³/mol. The fourth-order valence-electron chi connectivity index (χ4n) is 4.18. The summed E-state index contributed by atoms with van der Waals surface area (Å²) >= 11 is 1.09. The number of hydrogen-bond donors (Lipinski definition) is 1. The number of nitrogens with zero attached hydrogens (tertiary/aromatic N) is 3. The van der Waals surface area contributed by atoms with E-state index in [2.05, 4.69) is 10.4 Å². The highest BCUT2D eigenvalue weighted by Crippen LogP contribution is 2.55. The first-order valence-electron chi connectivity index (χ1n) is 10.7. The van der Waals surface area contributed by atoms with Gasteiger partial charge in [-0.25, -0.2) is 0 Å². The van der Waals surface area contributed by atoms with E-state index < -0.39 is 4.87 Å². The number of para-hydroxylation sites is 1. The Morgan fingerprint density at radius 2 is 1.91 bits per heavy atom.